The first-order valence-corrected chi connectivity index (χ1v) is 13.6. The van der Waals surface area contributed by atoms with Crippen LogP contribution in [0.3, 0.4) is 0 Å². The summed E-state index contributed by atoms with van der Waals surface area (Å²) in [5, 5.41) is 0. The molecule has 0 spiro atoms. The largest absolute Gasteiger partial charge is 0.462 e. The van der Waals surface area contributed by atoms with Crippen LogP contribution in [-0.4, -0.2) is 24.6 Å². The number of ether oxygens (including phenoxy) is 2. The van der Waals surface area contributed by atoms with E-state index in [0.29, 0.717) is 17.7 Å². The highest BCUT2D eigenvalue weighted by atomic mass is 16.5. The summed E-state index contributed by atoms with van der Waals surface area (Å²) in [5.41, 5.74) is 0.808. The first-order valence-electron chi connectivity index (χ1n) is 13.6. The van der Waals surface area contributed by atoms with Crippen LogP contribution >= 0.6 is 0 Å². The van der Waals surface area contributed by atoms with Crippen LogP contribution in [0.1, 0.15) is 144 Å². The zero-order chi connectivity index (χ0) is 24.2. The number of hydrogen-bond donors (Lipinski definition) is 0. The van der Waals surface area contributed by atoms with Gasteiger partial charge in [0.15, 0.2) is 0 Å². The van der Waals surface area contributed by atoms with Gasteiger partial charge in [-0.25, -0.2) is 9.59 Å². The standard InChI is InChI=1S/C29H48O4/c1-4-7-8-9-10-11-12-13-14-15-16-17-18-23-32-28(30)25-21-19-22-26(24-25)29(31)33-27(6-3)20-5-2/h19,21-22,24,27H,4-18,20,23H2,1-3H3. The third-order valence-corrected chi connectivity index (χ3v) is 6.15. The third-order valence-electron chi connectivity index (χ3n) is 6.15. The van der Waals surface area contributed by atoms with Crippen molar-refractivity contribution in [1.82, 2.24) is 0 Å². The second kappa shape index (κ2) is 19.6. The SMILES string of the molecule is CCCCCCCCCCCCCCCOC(=O)c1cccc(C(=O)OC(CC)CCC)c1. The molecule has 33 heavy (non-hydrogen) atoms. The Morgan fingerprint density at radius 2 is 1.21 bits per heavy atom. The summed E-state index contributed by atoms with van der Waals surface area (Å²) in [6, 6.07) is 6.66. The lowest BCUT2D eigenvalue weighted by Gasteiger charge is -2.15. The average molecular weight is 461 g/mol. The zero-order valence-electron chi connectivity index (χ0n) is 21.5. The summed E-state index contributed by atoms with van der Waals surface area (Å²) in [6.45, 7) is 6.78. The molecule has 0 radical (unpaired) electrons. The topological polar surface area (TPSA) is 52.6 Å². The van der Waals surface area contributed by atoms with Crippen LogP contribution in [0.4, 0.5) is 0 Å². The van der Waals surface area contributed by atoms with Crippen LogP contribution < -0.4 is 0 Å². The lowest BCUT2D eigenvalue weighted by atomic mass is 10.0. The summed E-state index contributed by atoms with van der Waals surface area (Å²) in [6.07, 6.45) is 19.3. The van der Waals surface area contributed by atoms with E-state index in [1.807, 2.05) is 6.92 Å². The number of carbonyl (C=O) groups is 2. The first-order chi connectivity index (χ1) is 16.1. The minimum absolute atomic E-state index is 0.0753. The maximum Gasteiger partial charge on any atom is 0.338 e. The molecular weight excluding hydrogens is 412 g/mol. The number of benzene rings is 1. The summed E-state index contributed by atoms with van der Waals surface area (Å²) < 4.78 is 11.0. The van der Waals surface area contributed by atoms with Crippen LogP contribution in [-0.2, 0) is 9.47 Å². The predicted molar refractivity (Wildman–Crippen MR) is 137 cm³/mol. The van der Waals surface area contributed by atoms with Gasteiger partial charge in [-0.3, -0.25) is 0 Å². The Morgan fingerprint density at radius 3 is 1.73 bits per heavy atom. The van der Waals surface area contributed by atoms with Gasteiger partial charge in [0.05, 0.1) is 17.7 Å². The van der Waals surface area contributed by atoms with Crippen LogP contribution in [0.25, 0.3) is 0 Å². The van der Waals surface area contributed by atoms with E-state index >= 15 is 0 Å². The van der Waals surface area contributed by atoms with Gasteiger partial charge in [0, 0.05) is 0 Å². The molecule has 1 aromatic carbocycles. The molecule has 4 nitrogen and oxygen atoms in total. The van der Waals surface area contributed by atoms with Crippen molar-refractivity contribution in [3.8, 4) is 0 Å². The van der Waals surface area contributed by atoms with E-state index in [4.69, 9.17) is 9.47 Å². The van der Waals surface area contributed by atoms with Crippen LogP contribution in [0.15, 0.2) is 24.3 Å². The molecule has 0 saturated carbocycles. The van der Waals surface area contributed by atoms with Gasteiger partial charge in [0.1, 0.15) is 6.10 Å². The van der Waals surface area contributed by atoms with Crippen LogP contribution in [0, 0.1) is 0 Å². The van der Waals surface area contributed by atoms with Crippen molar-refractivity contribution in [3.05, 3.63) is 35.4 Å². The molecule has 0 amide bonds. The second-order valence-electron chi connectivity index (χ2n) is 9.18. The summed E-state index contributed by atoms with van der Waals surface area (Å²) in [4.78, 5) is 24.7. The summed E-state index contributed by atoms with van der Waals surface area (Å²) >= 11 is 0. The fourth-order valence-corrected chi connectivity index (χ4v) is 4.03. The molecule has 1 atom stereocenters. The quantitative estimate of drug-likeness (QED) is 0.144. The fourth-order valence-electron chi connectivity index (χ4n) is 4.03. The summed E-state index contributed by atoms with van der Waals surface area (Å²) in [5.74, 6) is -0.745. The van der Waals surface area contributed by atoms with Crippen molar-refractivity contribution in [2.24, 2.45) is 0 Å². The van der Waals surface area contributed by atoms with E-state index in [1.165, 1.54) is 70.6 Å². The zero-order valence-corrected chi connectivity index (χ0v) is 21.5. The van der Waals surface area contributed by atoms with Gasteiger partial charge in [-0.2, -0.15) is 0 Å². The van der Waals surface area contributed by atoms with Crippen molar-refractivity contribution in [1.29, 1.82) is 0 Å². The maximum atomic E-state index is 12.4. The van der Waals surface area contributed by atoms with E-state index in [9.17, 15) is 9.59 Å². The highest BCUT2D eigenvalue weighted by Crippen LogP contribution is 2.15. The molecule has 0 heterocycles. The van der Waals surface area contributed by atoms with Crippen molar-refractivity contribution in [2.45, 2.75) is 130 Å². The molecular formula is C29H48O4. The Labute approximate surface area is 202 Å². The molecule has 0 fully saturated rings. The Morgan fingerprint density at radius 1 is 0.697 bits per heavy atom. The second-order valence-corrected chi connectivity index (χ2v) is 9.18. The Hall–Kier alpha value is -1.84. The van der Waals surface area contributed by atoms with Crippen molar-refractivity contribution >= 4 is 11.9 Å². The van der Waals surface area contributed by atoms with E-state index in [1.54, 1.807) is 24.3 Å². The van der Waals surface area contributed by atoms with Gasteiger partial charge in [0.25, 0.3) is 0 Å². The molecule has 0 aliphatic heterocycles. The molecule has 0 aliphatic rings. The third kappa shape index (κ3) is 14.1. The number of carbonyl (C=O) groups excluding carboxylic acids is 2. The maximum absolute atomic E-state index is 12.4. The minimum atomic E-state index is -0.374. The Balaban J connectivity index is 2.14. The summed E-state index contributed by atoms with van der Waals surface area (Å²) in [7, 11) is 0. The number of esters is 2. The lowest BCUT2D eigenvalue weighted by Crippen LogP contribution is -2.18. The van der Waals surface area contributed by atoms with E-state index in [2.05, 4.69) is 13.8 Å². The van der Waals surface area contributed by atoms with Gasteiger partial charge in [-0.15, -0.1) is 0 Å². The van der Waals surface area contributed by atoms with Crippen molar-refractivity contribution in [3.63, 3.8) is 0 Å². The molecule has 0 N–H and O–H groups in total. The lowest BCUT2D eigenvalue weighted by molar-refractivity contribution is 0.0271. The van der Waals surface area contributed by atoms with E-state index < -0.39 is 0 Å². The van der Waals surface area contributed by atoms with Gasteiger partial charge >= 0.3 is 11.9 Å². The Bertz CT molecular complexity index is 640. The van der Waals surface area contributed by atoms with Gasteiger partial charge < -0.3 is 9.47 Å². The average Bonchev–Trinajstić information content (AvgIpc) is 2.83. The molecule has 1 rings (SSSR count). The normalized spacial score (nSPS) is 11.8. The number of unbranched alkanes of at least 4 members (excludes halogenated alkanes) is 12. The van der Waals surface area contributed by atoms with Crippen molar-refractivity contribution in [2.75, 3.05) is 6.61 Å². The smallest absolute Gasteiger partial charge is 0.338 e. The minimum Gasteiger partial charge on any atom is -0.462 e. The monoisotopic (exact) mass is 460 g/mol. The predicted octanol–water partition coefficient (Wildman–Crippen LogP) is 8.67. The van der Waals surface area contributed by atoms with Gasteiger partial charge in [-0.1, -0.05) is 110 Å². The molecule has 1 unspecified atom stereocenters. The Kier molecular flexibility index (Phi) is 17.4. The van der Waals surface area contributed by atoms with E-state index in [-0.39, 0.29) is 18.0 Å². The first kappa shape index (κ1) is 29.2. The molecule has 0 bridgehead atoms. The van der Waals surface area contributed by atoms with E-state index in [0.717, 1.165) is 32.1 Å². The molecule has 0 aliphatic carbocycles. The highest BCUT2D eigenvalue weighted by molar-refractivity contribution is 5.95. The molecule has 4 heteroatoms. The highest BCUT2D eigenvalue weighted by Gasteiger charge is 2.16. The molecule has 0 aromatic heterocycles. The number of hydrogen-bond acceptors (Lipinski definition) is 4. The van der Waals surface area contributed by atoms with Gasteiger partial charge in [-0.05, 0) is 37.5 Å². The van der Waals surface area contributed by atoms with Crippen molar-refractivity contribution < 1.29 is 19.1 Å². The van der Waals surface area contributed by atoms with Gasteiger partial charge in [0.2, 0.25) is 0 Å². The fraction of sp³-hybridized carbons (Fsp3) is 0.724. The van der Waals surface area contributed by atoms with Crippen LogP contribution in [0.2, 0.25) is 0 Å². The molecule has 188 valence electrons. The molecule has 0 saturated heterocycles. The van der Waals surface area contributed by atoms with Crippen LogP contribution in [0.5, 0.6) is 0 Å². The number of rotatable bonds is 20. The molecule has 1 aromatic rings.